The lowest BCUT2D eigenvalue weighted by molar-refractivity contribution is -0.135. The van der Waals surface area contributed by atoms with Gasteiger partial charge in [-0.05, 0) is 19.4 Å². The Balaban J connectivity index is 1.71. The number of nitrogens with zero attached hydrogens (tertiary/aromatic N) is 3. The average molecular weight is 302 g/mol. The number of oxime groups is 1. The smallest absolute Gasteiger partial charge is 0.273 e. The number of aromatic nitrogens is 2. The van der Waals surface area contributed by atoms with Crippen LogP contribution in [0.3, 0.4) is 0 Å². The molecule has 1 amide bonds. The minimum absolute atomic E-state index is 0.270. The molecule has 2 aromatic rings. The van der Waals surface area contributed by atoms with Gasteiger partial charge in [-0.15, -0.1) is 10.2 Å². The average Bonchev–Trinajstić information content (AvgIpc) is 3.07. The minimum Gasteiger partial charge on any atom is -0.379 e. The highest BCUT2D eigenvalue weighted by Crippen LogP contribution is 2.28. The summed E-state index contributed by atoms with van der Waals surface area (Å²) < 4.78 is 0. The molecular weight excluding hydrogens is 288 g/mol. The summed E-state index contributed by atoms with van der Waals surface area (Å²) in [6.07, 6.45) is 0.417. The van der Waals surface area contributed by atoms with Crippen molar-refractivity contribution in [3.63, 3.8) is 0 Å². The normalized spacial score (nSPS) is 20.8. The topological polar surface area (TPSA) is 76.5 Å². The number of rotatable bonds is 3. The van der Waals surface area contributed by atoms with Crippen molar-refractivity contribution in [1.29, 1.82) is 0 Å². The summed E-state index contributed by atoms with van der Waals surface area (Å²) in [5.41, 5.74) is 0.701. The molecule has 3 rings (SSSR count). The molecule has 1 atom stereocenters. The summed E-state index contributed by atoms with van der Waals surface area (Å²) in [6, 6.07) is 9.68. The molecule has 2 heterocycles. The zero-order valence-corrected chi connectivity index (χ0v) is 12.5. The monoisotopic (exact) mass is 302 g/mol. The van der Waals surface area contributed by atoms with Crippen molar-refractivity contribution in [3.8, 4) is 0 Å². The molecule has 0 bridgehead atoms. The van der Waals surface area contributed by atoms with Crippen molar-refractivity contribution in [2.24, 2.45) is 5.16 Å². The van der Waals surface area contributed by atoms with E-state index in [0.717, 1.165) is 16.3 Å². The van der Waals surface area contributed by atoms with Gasteiger partial charge in [-0.1, -0.05) is 46.8 Å². The zero-order valence-electron chi connectivity index (χ0n) is 11.7. The maximum Gasteiger partial charge on any atom is 0.273 e. The van der Waals surface area contributed by atoms with Crippen molar-refractivity contribution < 1.29 is 9.63 Å². The Morgan fingerprint density at radius 2 is 2.10 bits per heavy atom. The molecule has 1 aliphatic rings. The molecule has 1 aromatic carbocycles. The molecule has 21 heavy (non-hydrogen) atoms. The van der Waals surface area contributed by atoms with Gasteiger partial charge in [-0.25, -0.2) is 0 Å². The summed E-state index contributed by atoms with van der Waals surface area (Å²) >= 11 is 1.32. The molecule has 0 saturated heterocycles. The van der Waals surface area contributed by atoms with Crippen molar-refractivity contribution in [2.45, 2.75) is 25.9 Å². The number of carbonyl (C=O) groups excluding carboxylic acids is 1. The highest BCUT2D eigenvalue weighted by atomic mass is 32.1. The Morgan fingerprint density at radius 1 is 1.33 bits per heavy atom. The van der Waals surface area contributed by atoms with Crippen LogP contribution < -0.4 is 5.32 Å². The molecule has 0 fully saturated rings. The summed E-state index contributed by atoms with van der Waals surface area (Å²) in [4.78, 5) is 17.7. The fraction of sp³-hybridized carbons (Fsp3) is 0.286. The molecule has 7 heteroatoms. The van der Waals surface area contributed by atoms with Crippen LogP contribution in [-0.2, 0) is 9.63 Å². The predicted molar refractivity (Wildman–Crippen MR) is 80.4 cm³/mol. The van der Waals surface area contributed by atoms with Gasteiger partial charge < -0.3 is 4.84 Å². The van der Waals surface area contributed by atoms with Crippen LogP contribution in [0.2, 0.25) is 0 Å². The number of hydrogen-bond donors (Lipinski definition) is 1. The second-order valence-electron chi connectivity index (χ2n) is 4.98. The predicted octanol–water partition coefficient (Wildman–Crippen LogP) is 2.37. The third-order valence-corrected chi connectivity index (χ3v) is 3.95. The Morgan fingerprint density at radius 3 is 2.76 bits per heavy atom. The van der Waals surface area contributed by atoms with E-state index in [9.17, 15) is 4.79 Å². The van der Waals surface area contributed by atoms with Gasteiger partial charge in [0.25, 0.3) is 5.91 Å². The molecule has 108 valence electrons. The van der Waals surface area contributed by atoms with E-state index in [1.165, 1.54) is 11.3 Å². The Kier molecular flexibility index (Phi) is 3.42. The first kappa shape index (κ1) is 13.7. The van der Waals surface area contributed by atoms with Gasteiger partial charge >= 0.3 is 0 Å². The highest BCUT2D eigenvalue weighted by molar-refractivity contribution is 7.15. The highest BCUT2D eigenvalue weighted by Gasteiger charge is 2.42. The molecule has 1 aliphatic heterocycles. The van der Waals surface area contributed by atoms with Crippen LogP contribution >= 0.6 is 11.3 Å². The molecular formula is C14H14N4O2S. The Labute approximate surface area is 125 Å². The van der Waals surface area contributed by atoms with Gasteiger partial charge in [-0.2, -0.15) is 0 Å². The fourth-order valence-electron chi connectivity index (χ4n) is 2.02. The van der Waals surface area contributed by atoms with Gasteiger partial charge in [0.2, 0.25) is 10.7 Å². The molecule has 0 spiro atoms. The van der Waals surface area contributed by atoms with E-state index >= 15 is 0 Å². The third-order valence-electron chi connectivity index (χ3n) is 3.20. The van der Waals surface area contributed by atoms with E-state index < -0.39 is 5.60 Å². The SMILES string of the molecule is Cc1nnc(NC(=O)[C@@]2(C)CC(c3ccccc3)=NO2)s1. The van der Waals surface area contributed by atoms with Gasteiger partial charge in [-0.3, -0.25) is 10.1 Å². The summed E-state index contributed by atoms with van der Waals surface area (Å²) in [7, 11) is 0. The number of carbonyl (C=O) groups is 1. The lowest BCUT2D eigenvalue weighted by Gasteiger charge is -2.19. The molecule has 6 nitrogen and oxygen atoms in total. The first-order valence-electron chi connectivity index (χ1n) is 6.49. The molecule has 0 saturated carbocycles. The molecule has 1 N–H and O–H groups in total. The van der Waals surface area contributed by atoms with E-state index in [4.69, 9.17) is 4.84 Å². The Bertz CT molecular complexity index is 698. The standard InChI is InChI=1S/C14H14N4O2S/c1-9-16-17-13(21-9)15-12(19)14(2)8-11(18-20-14)10-6-4-3-5-7-10/h3-7H,8H2,1-2H3,(H,15,17,19)/t14-/m1/s1. The first-order chi connectivity index (χ1) is 10.1. The van der Waals surface area contributed by atoms with Crippen LogP contribution in [0.5, 0.6) is 0 Å². The maximum atomic E-state index is 12.4. The number of nitrogens with one attached hydrogen (secondary N) is 1. The van der Waals surface area contributed by atoms with Gasteiger partial charge in [0.15, 0.2) is 0 Å². The Hall–Kier alpha value is -2.28. The molecule has 0 radical (unpaired) electrons. The van der Waals surface area contributed by atoms with Crippen molar-refractivity contribution in [3.05, 3.63) is 40.9 Å². The zero-order chi connectivity index (χ0) is 14.9. The lowest BCUT2D eigenvalue weighted by Crippen LogP contribution is -2.40. The van der Waals surface area contributed by atoms with Crippen LogP contribution in [0, 0.1) is 6.92 Å². The van der Waals surface area contributed by atoms with Gasteiger partial charge in [0.05, 0.1) is 5.71 Å². The number of aryl methyl sites for hydroxylation is 1. The molecule has 1 aromatic heterocycles. The lowest BCUT2D eigenvalue weighted by atomic mass is 9.95. The van der Waals surface area contributed by atoms with E-state index in [1.807, 2.05) is 37.3 Å². The second kappa shape index (κ2) is 5.25. The minimum atomic E-state index is -1.02. The van der Waals surface area contributed by atoms with Crippen LogP contribution in [0.4, 0.5) is 5.13 Å². The number of anilines is 1. The van der Waals surface area contributed by atoms with E-state index in [1.54, 1.807) is 6.92 Å². The van der Waals surface area contributed by atoms with Crippen molar-refractivity contribution in [2.75, 3.05) is 5.32 Å². The molecule has 0 unspecified atom stereocenters. The van der Waals surface area contributed by atoms with Crippen LogP contribution in [0.1, 0.15) is 23.9 Å². The largest absolute Gasteiger partial charge is 0.379 e. The number of benzene rings is 1. The number of hydrogen-bond acceptors (Lipinski definition) is 6. The van der Waals surface area contributed by atoms with Crippen LogP contribution in [0.25, 0.3) is 0 Å². The summed E-state index contributed by atoms with van der Waals surface area (Å²) in [5, 5.41) is 15.8. The number of amides is 1. The van der Waals surface area contributed by atoms with Gasteiger partial charge in [0, 0.05) is 6.42 Å². The van der Waals surface area contributed by atoms with Crippen molar-refractivity contribution >= 4 is 28.1 Å². The van der Waals surface area contributed by atoms with E-state index in [-0.39, 0.29) is 5.91 Å². The van der Waals surface area contributed by atoms with Crippen LogP contribution in [-0.4, -0.2) is 27.4 Å². The summed E-state index contributed by atoms with van der Waals surface area (Å²) in [6.45, 7) is 3.55. The fourth-order valence-corrected chi connectivity index (χ4v) is 2.61. The first-order valence-corrected chi connectivity index (χ1v) is 7.30. The van der Waals surface area contributed by atoms with E-state index in [0.29, 0.717) is 11.6 Å². The third kappa shape index (κ3) is 2.78. The van der Waals surface area contributed by atoms with E-state index in [2.05, 4.69) is 20.7 Å². The van der Waals surface area contributed by atoms with Crippen LogP contribution in [0.15, 0.2) is 35.5 Å². The molecule has 0 aliphatic carbocycles. The quantitative estimate of drug-likeness (QED) is 0.944. The second-order valence-corrected chi connectivity index (χ2v) is 6.16. The van der Waals surface area contributed by atoms with Gasteiger partial charge in [0.1, 0.15) is 5.01 Å². The summed E-state index contributed by atoms with van der Waals surface area (Å²) in [5.74, 6) is -0.270. The maximum absolute atomic E-state index is 12.4. The van der Waals surface area contributed by atoms with Crippen molar-refractivity contribution in [1.82, 2.24) is 10.2 Å².